The number of hydrogen-bond donors (Lipinski definition) is 0. The van der Waals surface area contributed by atoms with Crippen LogP contribution in [-0.2, 0) is 12.0 Å². The molecule has 0 unspecified atom stereocenters. The molecule has 1 aromatic heterocycles. The second-order valence-corrected chi connectivity index (χ2v) is 5.73. The number of hydrogen-bond acceptors (Lipinski definition) is 2. The molecule has 1 aliphatic heterocycles. The van der Waals surface area contributed by atoms with Crippen LogP contribution in [0, 0.1) is 0 Å². The van der Waals surface area contributed by atoms with E-state index in [1.54, 1.807) is 0 Å². The van der Waals surface area contributed by atoms with Gasteiger partial charge in [-0.25, -0.2) is 0 Å². The van der Waals surface area contributed by atoms with Crippen LogP contribution in [0.25, 0.3) is 11.3 Å². The molecule has 0 aliphatic carbocycles. The predicted molar refractivity (Wildman–Crippen MR) is 71.9 cm³/mol. The van der Waals surface area contributed by atoms with Crippen LogP contribution in [0.1, 0.15) is 26.5 Å². The highest BCUT2D eigenvalue weighted by Crippen LogP contribution is 2.33. The molecule has 1 aliphatic rings. The second-order valence-electron chi connectivity index (χ2n) is 5.73. The van der Waals surface area contributed by atoms with Gasteiger partial charge < -0.3 is 4.74 Å². The maximum Gasteiger partial charge on any atom is 0.128 e. The SMILES string of the molecule is CC(C)(C)c1cc2nn1CCOc1ccccc1-2. The van der Waals surface area contributed by atoms with Crippen molar-refractivity contribution in [2.24, 2.45) is 0 Å². The molecule has 0 atom stereocenters. The molecule has 2 heterocycles. The number of para-hydroxylation sites is 1. The summed E-state index contributed by atoms with van der Waals surface area (Å²) in [5.74, 6) is 0.933. The summed E-state index contributed by atoms with van der Waals surface area (Å²) in [6.07, 6.45) is 0. The average Bonchev–Trinajstić information content (AvgIpc) is 2.73. The van der Waals surface area contributed by atoms with Gasteiger partial charge in [0, 0.05) is 16.7 Å². The molecule has 0 saturated carbocycles. The first kappa shape index (κ1) is 11.3. The third-order valence-corrected chi connectivity index (χ3v) is 3.27. The van der Waals surface area contributed by atoms with E-state index in [4.69, 9.17) is 9.84 Å². The van der Waals surface area contributed by atoms with Gasteiger partial charge in [0.15, 0.2) is 0 Å². The minimum Gasteiger partial charge on any atom is -0.491 e. The molecule has 2 aromatic rings. The molecule has 0 spiro atoms. The zero-order valence-corrected chi connectivity index (χ0v) is 11.1. The van der Waals surface area contributed by atoms with Gasteiger partial charge in [0.1, 0.15) is 12.4 Å². The van der Waals surface area contributed by atoms with Crippen molar-refractivity contribution in [3.05, 3.63) is 36.0 Å². The summed E-state index contributed by atoms with van der Waals surface area (Å²) in [6.45, 7) is 8.13. The largest absolute Gasteiger partial charge is 0.491 e. The van der Waals surface area contributed by atoms with Crippen molar-refractivity contribution >= 4 is 0 Å². The van der Waals surface area contributed by atoms with E-state index >= 15 is 0 Å². The first-order chi connectivity index (χ1) is 8.55. The topological polar surface area (TPSA) is 27.1 Å². The molecular weight excluding hydrogens is 224 g/mol. The third-order valence-electron chi connectivity index (χ3n) is 3.27. The predicted octanol–water partition coefficient (Wildman–Crippen LogP) is 3.24. The molecule has 1 aromatic carbocycles. The summed E-state index contributed by atoms with van der Waals surface area (Å²) < 4.78 is 7.89. The highest BCUT2D eigenvalue weighted by Gasteiger charge is 2.23. The smallest absolute Gasteiger partial charge is 0.128 e. The molecule has 18 heavy (non-hydrogen) atoms. The standard InChI is InChI=1S/C15H18N2O/c1-15(2,3)14-10-12-11-6-4-5-7-13(11)18-9-8-17(14)16-12/h4-7,10H,8-9H2,1-3H3. The van der Waals surface area contributed by atoms with E-state index in [1.807, 2.05) is 18.2 Å². The molecule has 3 heteroatoms. The summed E-state index contributed by atoms with van der Waals surface area (Å²) in [5, 5.41) is 4.71. The van der Waals surface area contributed by atoms with Gasteiger partial charge in [0.2, 0.25) is 0 Å². The Hall–Kier alpha value is -1.77. The Labute approximate surface area is 107 Å². The lowest BCUT2D eigenvalue weighted by atomic mass is 9.91. The Morgan fingerprint density at radius 3 is 2.78 bits per heavy atom. The highest BCUT2D eigenvalue weighted by molar-refractivity contribution is 5.67. The van der Waals surface area contributed by atoms with Crippen molar-refractivity contribution in [2.75, 3.05) is 6.61 Å². The van der Waals surface area contributed by atoms with Gasteiger partial charge in [-0.05, 0) is 18.2 Å². The highest BCUT2D eigenvalue weighted by atomic mass is 16.5. The van der Waals surface area contributed by atoms with Crippen molar-refractivity contribution in [3.8, 4) is 17.0 Å². The van der Waals surface area contributed by atoms with Crippen LogP contribution in [0.4, 0.5) is 0 Å². The number of rotatable bonds is 0. The lowest BCUT2D eigenvalue weighted by molar-refractivity contribution is 0.283. The molecule has 0 radical (unpaired) electrons. The average molecular weight is 242 g/mol. The molecule has 3 rings (SSSR count). The van der Waals surface area contributed by atoms with Crippen LogP contribution >= 0.6 is 0 Å². The van der Waals surface area contributed by atoms with E-state index in [9.17, 15) is 0 Å². The van der Waals surface area contributed by atoms with Gasteiger partial charge in [-0.1, -0.05) is 32.9 Å². The maximum atomic E-state index is 5.81. The normalized spacial score (nSPS) is 14.4. The molecule has 0 saturated heterocycles. The fraction of sp³-hybridized carbons (Fsp3) is 0.400. The molecule has 2 bridgehead atoms. The summed E-state index contributed by atoms with van der Waals surface area (Å²) in [5.41, 5.74) is 3.46. The van der Waals surface area contributed by atoms with Crippen LogP contribution in [-0.4, -0.2) is 16.4 Å². The number of benzene rings is 1. The minimum atomic E-state index is 0.102. The quantitative estimate of drug-likeness (QED) is 0.709. The van der Waals surface area contributed by atoms with Gasteiger partial charge in [-0.2, -0.15) is 5.10 Å². The number of ether oxygens (including phenoxy) is 1. The van der Waals surface area contributed by atoms with E-state index in [0.29, 0.717) is 6.61 Å². The van der Waals surface area contributed by atoms with Gasteiger partial charge in [0.25, 0.3) is 0 Å². The number of nitrogens with zero attached hydrogens (tertiary/aromatic N) is 2. The summed E-state index contributed by atoms with van der Waals surface area (Å²) in [7, 11) is 0. The van der Waals surface area contributed by atoms with E-state index in [1.165, 1.54) is 5.69 Å². The van der Waals surface area contributed by atoms with Crippen molar-refractivity contribution < 1.29 is 4.74 Å². The van der Waals surface area contributed by atoms with Gasteiger partial charge in [-0.15, -0.1) is 0 Å². The maximum absolute atomic E-state index is 5.81. The van der Waals surface area contributed by atoms with E-state index in [2.05, 4.69) is 37.6 Å². The summed E-state index contributed by atoms with van der Waals surface area (Å²) in [4.78, 5) is 0. The van der Waals surface area contributed by atoms with Gasteiger partial charge >= 0.3 is 0 Å². The zero-order chi connectivity index (χ0) is 12.8. The zero-order valence-electron chi connectivity index (χ0n) is 11.1. The van der Waals surface area contributed by atoms with Crippen LogP contribution in [0.5, 0.6) is 5.75 Å². The molecule has 0 fully saturated rings. The van der Waals surface area contributed by atoms with E-state index < -0.39 is 0 Å². The monoisotopic (exact) mass is 242 g/mol. The number of aromatic nitrogens is 2. The van der Waals surface area contributed by atoms with Gasteiger partial charge in [0.05, 0.1) is 12.2 Å². The van der Waals surface area contributed by atoms with E-state index in [0.717, 1.165) is 23.6 Å². The van der Waals surface area contributed by atoms with Crippen molar-refractivity contribution in [2.45, 2.75) is 32.7 Å². The molecule has 0 N–H and O–H groups in total. The fourth-order valence-corrected chi connectivity index (χ4v) is 2.37. The Bertz CT molecular complexity index is 578. The Balaban J connectivity index is 2.19. The first-order valence-electron chi connectivity index (χ1n) is 6.36. The Kier molecular flexibility index (Phi) is 2.44. The first-order valence-corrected chi connectivity index (χ1v) is 6.36. The van der Waals surface area contributed by atoms with Crippen LogP contribution in [0.2, 0.25) is 0 Å². The van der Waals surface area contributed by atoms with Gasteiger partial charge in [-0.3, -0.25) is 4.68 Å². The molecule has 3 nitrogen and oxygen atoms in total. The second kappa shape index (κ2) is 3.87. The van der Waals surface area contributed by atoms with Crippen molar-refractivity contribution in [1.82, 2.24) is 9.78 Å². The molecule has 94 valence electrons. The Morgan fingerprint density at radius 2 is 2.00 bits per heavy atom. The van der Waals surface area contributed by atoms with Crippen LogP contribution in [0.3, 0.4) is 0 Å². The van der Waals surface area contributed by atoms with Crippen LogP contribution in [0.15, 0.2) is 30.3 Å². The fourth-order valence-electron chi connectivity index (χ4n) is 2.37. The molecule has 0 amide bonds. The minimum absolute atomic E-state index is 0.102. The molecular formula is C15H18N2O. The van der Waals surface area contributed by atoms with Crippen LogP contribution < -0.4 is 4.74 Å². The van der Waals surface area contributed by atoms with Crippen molar-refractivity contribution in [3.63, 3.8) is 0 Å². The summed E-state index contributed by atoms with van der Waals surface area (Å²) in [6, 6.07) is 10.3. The lowest BCUT2D eigenvalue weighted by Crippen LogP contribution is -2.21. The number of fused-ring (bicyclic) bond motifs is 4. The van der Waals surface area contributed by atoms with E-state index in [-0.39, 0.29) is 5.41 Å². The third kappa shape index (κ3) is 1.80. The van der Waals surface area contributed by atoms with Crippen molar-refractivity contribution in [1.29, 1.82) is 0 Å². The lowest BCUT2D eigenvalue weighted by Gasteiger charge is -2.20. The Morgan fingerprint density at radius 1 is 1.22 bits per heavy atom. The summed E-state index contributed by atoms with van der Waals surface area (Å²) >= 11 is 0.